The number of benzene rings is 2. The van der Waals surface area contributed by atoms with Crippen LogP contribution in [0.25, 0.3) is 0 Å². The Bertz CT molecular complexity index is 737. The Morgan fingerprint density at radius 3 is 2.50 bits per heavy atom. The first-order valence-electron chi connectivity index (χ1n) is 8.74. The monoisotopic (exact) mass is 392 g/mol. The molecule has 2 aromatic rings. The minimum absolute atomic E-state index is 0.00161. The molecule has 0 unspecified atom stereocenters. The van der Waals surface area contributed by atoms with E-state index in [1.54, 1.807) is 12.1 Å². The fraction of sp³-hybridized carbons (Fsp3) is 0.350. The largest absolute Gasteiger partial charge is 0.482 e. The van der Waals surface area contributed by atoms with Crippen molar-refractivity contribution < 1.29 is 9.53 Å². The van der Waals surface area contributed by atoms with E-state index in [4.69, 9.17) is 27.9 Å². The Hall–Kier alpha value is -1.75. The smallest absolute Gasteiger partial charge is 0.260 e. The van der Waals surface area contributed by atoms with Crippen LogP contribution < -0.4 is 4.74 Å². The number of hydrogen-bond acceptors (Lipinski definition) is 3. The van der Waals surface area contributed by atoms with Crippen LogP contribution in [0.3, 0.4) is 0 Å². The van der Waals surface area contributed by atoms with Gasteiger partial charge in [0, 0.05) is 37.7 Å². The molecule has 0 saturated carbocycles. The molecule has 4 nitrogen and oxygen atoms in total. The van der Waals surface area contributed by atoms with Crippen molar-refractivity contribution in [2.24, 2.45) is 0 Å². The first kappa shape index (κ1) is 19.0. The molecule has 3 rings (SSSR count). The summed E-state index contributed by atoms with van der Waals surface area (Å²) in [6, 6.07) is 15.1. The van der Waals surface area contributed by atoms with Crippen LogP contribution in [0.5, 0.6) is 5.75 Å². The molecule has 0 bridgehead atoms. The second-order valence-electron chi connectivity index (χ2n) is 6.36. The van der Waals surface area contributed by atoms with E-state index in [1.165, 1.54) is 5.56 Å². The Kier molecular flexibility index (Phi) is 6.78. The van der Waals surface area contributed by atoms with Gasteiger partial charge in [0.15, 0.2) is 6.61 Å². The summed E-state index contributed by atoms with van der Waals surface area (Å²) >= 11 is 12.0. The first-order chi connectivity index (χ1) is 12.6. The molecule has 0 aromatic heterocycles. The molecule has 138 valence electrons. The Morgan fingerprint density at radius 2 is 1.73 bits per heavy atom. The van der Waals surface area contributed by atoms with Crippen molar-refractivity contribution in [3.63, 3.8) is 0 Å². The number of rotatable bonds is 5. The van der Waals surface area contributed by atoms with E-state index >= 15 is 0 Å². The van der Waals surface area contributed by atoms with Gasteiger partial charge in [0.25, 0.3) is 5.91 Å². The van der Waals surface area contributed by atoms with E-state index < -0.39 is 0 Å². The molecule has 6 heteroatoms. The van der Waals surface area contributed by atoms with Crippen LogP contribution in [0.1, 0.15) is 12.0 Å². The number of carbonyl (C=O) groups excluding carboxylic acids is 1. The number of nitrogens with zero attached hydrogens (tertiary/aromatic N) is 2. The zero-order chi connectivity index (χ0) is 18.4. The Morgan fingerprint density at radius 1 is 0.962 bits per heavy atom. The molecule has 1 fully saturated rings. The standard InChI is InChI=1S/C20H22Cl2N2O2/c21-17-8-6-16(7-9-17)14-23-10-3-11-24(13-12-23)20(25)15-26-19-5-2-1-4-18(19)22/h1-2,4-9H,3,10-15H2. The SMILES string of the molecule is O=C(COc1ccccc1Cl)N1CCCN(Cc2ccc(Cl)cc2)CC1. The topological polar surface area (TPSA) is 32.8 Å². The normalized spacial score (nSPS) is 15.5. The third kappa shape index (κ3) is 5.37. The summed E-state index contributed by atoms with van der Waals surface area (Å²) in [5, 5.41) is 1.27. The van der Waals surface area contributed by atoms with Gasteiger partial charge in [-0.2, -0.15) is 0 Å². The van der Waals surface area contributed by atoms with Crippen LogP contribution in [0.4, 0.5) is 0 Å². The summed E-state index contributed by atoms with van der Waals surface area (Å²) in [4.78, 5) is 16.7. The van der Waals surface area contributed by atoms with E-state index in [-0.39, 0.29) is 12.5 Å². The van der Waals surface area contributed by atoms with Crippen molar-refractivity contribution in [2.75, 3.05) is 32.8 Å². The van der Waals surface area contributed by atoms with Crippen molar-refractivity contribution >= 4 is 29.1 Å². The molecule has 0 radical (unpaired) electrons. The van der Waals surface area contributed by atoms with Gasteiger partial charge in [-0.25, -0.2) is 0 Å². The predicted molar refractivity (Wildman–Crippen MR) is 105 cm³/mol. The zero-order valence-corrected chi connectivity index (χ0v) is 16.0. The van der Waals surface area contributed by atoms with Gasteiger partial charge in [-0.05, 0) is 36.2 Å². The molecule has 2 aromatic carbocycles. The van der Waals surface area contributed by atoms with Crippen molar-refractivity contribution in [1.29, 1.82) is 0 Å². The molecule has 1 amide bonds. The third-order valence-electron chi connectivity index (χ3n) is 4.45. The Labute approximate surface area is 164 Å². The highest BCUT2D eigenvalue weighted by Gasteiger charge is 2.19. The van der Waals surface area contributed by atoms with Crippen LogP contribution in [0, 0.1) is 0 Å². The second-order valence-corrected chi connectivity index (χ2v) is 7.20. The third-order valence-corrected chi connectivity index (χ3v) is 5.01. The van der Waals surface area contributed by atoms with Crippen molar-refractivity contribution in [2.45, 2.75) is 13.0 Å². The minimum atomic E-state index is -0.00161. The first-order valence-corrected chi connectivity index (χ1v) is 9.49. The van der Waals surface area contributed by atoms with E-state index in [0.29, 0.717) is 17.3 Å². The highest BCUT2D eigenvalue weighted by Crippen LogP contribution is 2.23. The fourth-order valence-corrected chi connectivity index (χ4v) is 3.34. The number of para-hydroxylation sites is 1. The lowest BCUT2D eigenvalue weighted by atomic mass is 10.2. The predicted octanol–water partition coefficient (Wildman–Crippen LogP) is 4.11. The molecular weight excluding hydrogens is 371 g/mol. The summed E-state index contributed by atoms with van der Waals surface area (Å²) in [6.07, 6.45) is 0.950. The summed E-state index contributed by atoms with van der Waals surface area (Å²) in [7, 11) is 0. The van der Waals surface area contributed by atoms with E-state index in [2.05, 4.69) is 4.90 Å². The maximum atomic E-state index is 12.5. The summed E-state index contributed by atoms with van der Waals surface area (Å²) in [5.74, 6) is 0.542. The molecule has 1 aliphatic rings. The maximum Gasteiger partial charge on any atom is 0.260 e. The molecule has 1 aliphatic heterocycles. The lowest BCUT2D eigenvalue weighted by molar-refractivity contribution is -0.133. The van der Waals surface area contributed by atoms with Crippen molar-refractivity contribution in [1.82, 2.24) is 9.80 Å². The van der Waals surface area contributed by atoms with Gasteiger partial charge < -0.3 is 9.64 Å². The molecule has 1 heterocycles. The highest BCUT2D eigenvalue weighted by atomic mass is 35.5. The van der Waals surface area contributed by atoms with Gasteiger partial charge in [0.2, 0.25) is 0 Å². The van der Waals surface area contributed by atoms with Crippen LogP contribution in [0.15, 0.2) is 48.5 Å². The molecule has 1 saturated heterocycles. The molecule has 0 spiro atoms. The summed E-state index contributed by atoms with van der Waals surface area (Å²) in [5.41, 5.74) is 1.23. The molecule has 26 heavy (non-hydrogen) atoms. The van der Waals surface area contributed by atoms with Crippen molar-refractivity contribution in [3.05, 3.63) is 64.1 Å². The average Bonchev–Trinajstić information content (AvgIpc) is 2.88. The lowest BCUT2D eigenvalue weighted by Crippen LogP contribution is -2.38. The van der Waals surface area contributed by atoms with Gasteiger partial charge in [-0.15, -0.1) is 0 Å². The summed E-state index contributed by atoms with van der Waals surface area (Å²) in [6.45, 7) is 4.16. The van der Waals surface area contributed by atoms with Gasteiger partial charge in [-0.3, -0.25) is 9.69 Å². The second kappa shape index (κ2) is 9.26. The quantitative estimate of drug-likeness (QED) is 0.767. The van der Waals surface area contributed by atoms with Crippen LogP contribution >= 0.6 is 23.2 Å². The summed E-state index contributed by atoms with van der Waals surface area (Å²) < 4.78 is 5.58. The van der Waals surface area contributed by atoms with Gasteiger partial charge >= 0.3 is 0 Å². The van der Waals surface area contributed by atoms with Crippen LogP contribution in [-0.2, 0) is 11.3 Å². The number of hydrogen-bond donors (Lipinski definition) is 0. The molecular formula is C20H22Cl2N2O2. The van der Waals surface area contributed by atoms with E-state index in [9.17, 15) is 4.79 Å². The highest BCUT2D eigenvalue weighted by molar-refractivity contribution is 6.32. The molecule has 0 N–H and O–H groups in total. The number of halogens is 2. The van der Waals surface area contributed by atoms with Crippen LogP contribution in [0.2, 0.25) is 10.0 Å². The average molecular weight is 393 g/mol. The fourth-order valence-electron chi connectivity index (χ4n) is 3.02. The number of ether oxygens (including phenoxy) is 1. The molecule has 0 aliphatic carbocycles. The maximum absolute atomic E-state index is 12.5. The number of amides is 1. The lowest BCUT2D eigenvalue weighted by Gasteiger charge is -2.22. The van der Waals surface area contributed by atoms with Gasteiger partial charge in [-0.1, -0.05) is 47.5 Å². The van der Waals surface area contributed by atoms with E-state index in [0.717, 1.165) is 37.6 Å². The zero-order valence-electron chi connectivity index (χ0n) is 14.5. The van der Waals surface area contributed by atoms with E-state index in [1.807, 2.05) is 41.3 Å². The molecule has 0 atom stereocenters. The minimum Gasteiger partial charge on any atom is -0.482 e. The van der Waals surface area contributed by atoms with Gasteiger partial charge in [0.05, 0.1) is 5.02 Å². The van der Waals surface area contributed by atoms with Gasteiger partial charge in [0.1, 0.15) is 5.75 Å². The number of carbonyl (C=O) groups is 1. The Balaban J connectivity index is 1.49. The van der Waals surface area contributed by atoms with Crippen molar-refractivity contribution in [3.8, 4) is 5.75 Å². The van der Waals surface area contributed by atoms with Crippen LogP contribution in [-0.4, -0.2) is 48.5 Å².